The molecule has 0 saturated heterocycles. The third-order valence-electron chi connectivity index (χ3n) is 7.14. The van der Waals surface area contributed by atoms with Crippen LogP contribution in [-0.4, -0.2) is 51.4 Å². The number of nitrogen functional groups attached to an aromatic ring is 1. The molecular weight excluding hydrogens is 582 g/mol. The highest BCUT2D eigenvalue weighted by atomic mass is 16.5. The molecule has 0 fully saturated rings. The van der Waals surface area contributed by atoms with Crippen molar-refractivity contribution in [1.82, 2.24) is 9.97 Å². The number of hydrogen-bond donors (Lipinski definition) is 8. The van der Waals surface area contributed by atoms with Crippen LogP contribution in [-0.2, 0) is 4.79 Å². The van der Waals surface area contributed by atoms with E-state index in [9.17, 15) is 14.7 Å². The second-order valence-corrected chi connectivity index (χ2v) is 10.2. The van der Waals surface area contributed by atoms with Crippen LogP contribution in [0.15, 0.2) is 66.7 Å². The van der Waals surface area contributed by atoms with Gasteiger partial charge in [0.2, 0.25) is 5.88 Å². The number of amidine groups is 1. The molecule has 1 aromatic heterocycles. The topological polar surface area (TPSA) is 244 Å². The Morgan fingerprint density at radius 3 is 2.60 bits per heavy atom. The molecule has 3 aromatic carbocycles. The summed E-state index contributed by atoms with van der Waals surface area (Å²) >= 11 is 0. The van der Waals surface area contributed by atoms with Gasteiger partial charge in [-0.1, -0.05) is 36.4 Å². The second kappa shape index (κ2) is 11.7. The molecule has 4 aromatic rings. The number of hydrogen-bond acceptors (Lipinski definition) is 10. The molecule has 2 unspecified atom stereocenters. The zero-order chi connectivity index (χ0) is 31.7. The predicted molar refractivity (Wildman–Crippen MR) is 164 cm³/mol. The summed E-state index contributed by atoms with van der Waals surface area (Å²) in [6.45, 7) is 0.621. The third-order valence-corrected chi connectivity index (χ3v) is 7.14. The van der Waals surface area contributed by atoms with Gasteiger partial charge in [-0.25, -0.2) is 4.79 Å². The summed E-state index contributed by atoms with van der Waals surface area (Å²) in [6.07, 6.45) is -0.603. The Balaban J connectivity index is 1.39. The standard InChI is InChI=1S/C30H27N9O6/c31-24(32)14-9-10-17(28(41)42)21(11-14)43-26-23-27(39-30(38-26)45-20-8-4-3-7-19(20)36-29(33)34)44-22(25(40)37-23)12-15-13-35-18-6-2-1-5-16(15)18/h1-11,15,22,35H,12-13H2,(H3,31,32)(H,37,40)(H,41,42)(H4,33,34,36). The zero-order valence-corrected chi connectivity index (χ0v) is 23.5. The van der Waals surface area contributed by atoms with Crippen LogP contribution >= 0.6 is 0 Å². The van der Waals surface area contributed by atoms with E-state index >= 15 is 0 Å². The van der Waals surface area contributed by atoms with Crippen molar-refractivity contribution in [1.29, 1.82) is 10.8 Å². The van der Waals surface area contributed by atoms with Crippen LogP contribution in [0.2, 0.25) is 0 Å². The largest absolute Gasteiger partial charge is 0.478 e. The minimum Gasteiger partial charge on any atom is -0.478 e. The third kappa shape index (κ3) is 5.94. The molecule has 0 saturated carbocycles. The van der Waals surface area contributed by atoms with Crippen LogP contribution < -0.4 is 41.6 Å². The van der Waals surface area contributed by atoms with E-state index in [0.29, 0.717) is 18.7 Å². The number of carboxylic acids is 1. The molecule has 2 aliphatic heterocycles. The molecule has 2 aliphatic rings. The Morgan fingerprint density at radius 1 is 1.04 bits per heavy atom. The lowest BCUT2D eigenvalue weighted by molar-refractivity contribution is -0.124. The maximum Gasteiger partial charge on any atom is 0.339 e. The van der Waals surface area contributed by atoms with Gasteiger partial charge in [-0.15, -0.1) is 0 Å². The number of fused-ring (bicyclic) bond motifs is 2. The van der Waals surface area contributed by atoms with Crippen LogP contribution in [0.1, 0.15) is 33.8 Å². The maximum absolute atomic E-state index is 13.3. The molecule has 3 heterocycles. The normalized spacial score (nSPS) is 16.2. The molecule has 0 radical (unpaired) electrons. The summed E-state index contributed by atoms with van der Waals surface area (Å²) in [6, 6.07) is 18.0. The number of nitrogens with two attached hydrogens (primary N) is 2. The number of benzene rings is 3. The van der Waals surface area contributed by atoms with Gasteiger partial charge in [-0.2, -0.15) is 9.97 Å². The number of carbonyl (C=O) groups excluding carboxylic acids is 1. The average Bonchev–Trinajstić information content (AvgIpc) is 3.41. The number of guanidine groups is 1. The van der Waals surface area contributed by atoms with E-state index in [-0.39, 0.29) is 63.8 Å². The van der Waals surface area contributed by atoms with Gasteiger partial charge >= 0.3 is 12.0 Å². The Bertz CT molecular complexity index is 1860. The minimum atomic E-state index is -1.31. The maximum atomic E-state index is 13.3. The number of aromatic nitrogens is 2. The van der Waals surface area contributed by atoms with Gasteiger partial charge < -0.3 is 46.7 Å². The van der Waals surface area contributed by atoms with Crippen molar-refractivity contribution in [3.8, 4) is 29.3 Å². The van der Waals surface area contributed by atoms with E-state index in [4.69, 9.17) is 36.5 Å². The SMILES string of the molecule is N=C(N)Nc1ccccc1Oc1nc(Oc2cc(C(=N)N)ccc2C(=O)O)c2c(n1)OC(CC1CNc3ccccc31)C(=O)N2. The first-order valence-electron chi connectivity index (χ1n) is 13.7. The Morgan fingerprint density at radius 2 is 1.82 bits per heavy atom. The van der Waals surface area contributed by atoms with E-state index in [1.807, 2.05) is 24.3 Å². The minimum absolute atomic E-state index is 0.0104. The predicted octanol–water partition coefficient (Wildman–Crippen LogP) is 3.65. The van der Waals surface area contributed by atoms with Crippen molar-refractivity contribution in [2.75, 3.05) is 22.5 Å². The van der Waals surface area contributed by atoms with Crippen LogP contribution in [0.25, 0.3) is 0 Å². The van der Waals surface area contributed by atoms with E-state index in [1.54, 1.807) is 24.3 Å². The number of para-hydroxylation sites is 3. The number of aromatic carboxylic acids is 1. The van der Waals surface area contributed by atoms with Crippen molar-refractivity contribution in [2.45, 2.75) is 18.4 Å². The fourth-order valence-electron chi connectivity index (χ4n) is 5.04. The first-order valence-corrected chi connectivity index (χ1v) is 13.7. The lowest BCUT2D eigenvalue weighted by Crippen LogP contribution is -2.39. The first kappa shape index (κ1) is 28.7. The van der Waals surface area contributed by atoms with E-state index < -0.39 is 18.0 Å². The molecule has 2 atom stereocenters. The molecule has 15 nitrogen and oxygen atoms in total. The lowest BCUT2D eigenvalue weighted by Gasteiger charge is -2.27. The zero-order valence-electron chi connectivity index (χ0n) is 23.5. The molecular formula is C30H27N9O6. The van der Waals surface area contributed by atoms with Crippen LogP contribution in [0.5, 0.6) is 29.3 Å². The van der Waals surface area contributed by atoms with Gasteiger partial charge in [0.1, 0.15) is 17.1 Å². The van der Waals surface area contributed by atoms with Gasteiger partial charge in [0.15, 0.2) is 23.5 Å². The molecule has 0 aliphatic carbocycles. The molecule has 1 amide bonds. The fourth-order valence-corrected chi connectivity index (χ4v) is 5.04. The first-order chi connectivity index (χ1) is 21.7. The molecule has 228 valence electrons. The lowest BCUT2D eigenvalue weighted by atomic mass is 9.94. The smallest absolute Gasteiger partial charge is 0.339 e. The van der Waals surface area contributed by atoms with Crippen molar-refractivity contribution in [2.24, 2.45) is 11.5 Å². The number of ether oxygens (including phenoxy) is 3. The summed E-state index contributed by atoms with van der Waals surface area (Å²) in [5.41, 5.74) is 13.4. The van der Waals surface area contributed by atoms with Crippen molar-refractivity contribution in [3.63, 3.8) is 0 Å². The Labute approximate surface area is 255 Å². The second-order valence-electron chi connectivity index (χ2n) is 10.2. The molecule has 10 N–H and O–H groups in total. The number of rotatable bonds is 9. The van der Waals surface area contributed by atoms with Gasteiger partial charge in [0, 0.05) is 30.1 Å². The highest BCUT2D eigenvalue weighted by Gasteiger charge is 2.36. The molecule has 0 bridgehead atoms. The Kier molecular flexibility index (Phi) is 7.48. The fraction of sp³-hybridized carbons (Fsp3) is 0.133. The number of carboxylic acid groups (broad SMARTS) is 1. The monoisotopic (exact) mass is 609 g/mol. The number of anilines is 3. The molecule has 6 rings (SSSR count). The van der Waals surface area contributed by atoms with E-state index in [2.05, 4.69) is 25.9 Å². The quantitative estimate of drug-likeness (QED) is 0.100. The summed E-state index contributed by atoms with van der Waals surface area (Å²) in [5, 5.41) is 33.9. The van der Waals surface area contributed by atoms with Crippen LogP contribution in [0, 0.1) is 10.8 Å². The summed E-state index contributed by atoms with van der Waals surface area (Å²) in [4.78, 5) is 34.0. The van der Waals surface area contributed by atoms with Crippen LogP contribution in [0.4, 0.5) is 17.1 Å². The van der Waals surface area contributed by atoms with Gasteiger partial charge in [0.05, 0.1) is 5.69 Å². The van der Waals surface area contributed by atoms with Gasteiger partial charge in [0.25, 0.3) is 11.8 Å². The Hall–Kier alpha value is -6.38. The van der Waals surface area contributed by atoms with Crippen molar-refractivity contribution in [3.05, 3.63) is 83.4 Å². The number of nitrogens with zero attached hydrogens (tertiary/aromatic N) is 2. The van der Waals surface area contributed by atoms with Crippen molar-refractivity contribution >= 4 is 40.7 Å². The average molecular weight is 610 g/mol. The molecule has 0 spiro atoms. The molecule has 45 heavy (non-hydrogen) atoms. The summed E-state index contributed by atoms with van der Waals surface area (Å²) < 4.78 is 18.0. The molecule has 15 heteroatoms. The highest BCUT2D eigenvalue weighted by molar-refractivity contribution is 6.00. The van der Waals surface area contributed by atoms with Gasteiger partial charge in [-0.3, -0.25) is 15.6 Å². The van der Waals surface area contributed by atoms with E-state index in [1.165, 1.54) is 18.2 Å². The highest BCUT2D eigenvalue weighted by Crippen LogP contribution is 2.43. The van der Waals surface area contributed by atoms with Gasteiger partial charge in [-0.05, 0) is 35.9 Å². The van der Waals surface area contributed by atoms with E-state index in [0.717, 1.165) is 11.3 Å². The number of carbonyl (C=O) groups is 2. The summed E-state index contributed by atoms with van der Waals surface area (Å²) in [5.74, 6) is -2.80. The van der Waals surface area contributed by atoms with Crippen molar-refractivity contribution < 1.29 is 28.9 Å². The summed E-state index contributed by atoms with van der Waals surface area (Å²) in [7, 11) is 0. The number of nitrogens with one attached hydrogen (secondary N) is 5. The number of amides is 1. The van der Waals surface area contributed by atoms with Crippen LogP contribution in [0.3, 0.4) is 0 Å².